The van der Waals surface area contributed by atoms with Crippen molar-refractivity contribution in [2.75, 3.05) is 9.80 Å². The first-order chi connectivity index (χ1) is 29.2. The molecule has 7 heteroatoms. The molecule has 9 aromatic carbocycles. The molecule has 11 rings (SSSR count). The summed E-state index contributed by atoms with van der Waals surface area (Å²) in [4.78, 5) is 4.29. The molecule has 0 radical (unpaired) electrons. The Morgan fingerprint density at radius 3 is 1.27 bits per heavy atom. The van der Waals surface area contributed by atoms with Crippen molar-refractivity contribution < 1.29 is 17.9 Å². The second kappa shape index (κ2) is 13.7. The van der Waals surface area contributed by atoms with Gasteiger partial charge in [-0.3, -0.25) is 0 Å². The molecule has 0 unspecified atom stereocenters. The molecule has 0 amide bonds. The van der Waals surface area contributed by atoms with Crippen molar-refractivity contribution in [2.24, 2.45) is 0 Å². The van der Waals surface area contributed by atoms with Gasteiger partial charge in [-0.2, -0.15) is 0 Å². The van der Waals surface area contributed by atoms with Crippen LogP contribution in [0.4, 0.5) is 47.3 Å². The fourth-order valence-corrected chi connectivity index (χ4v) is 9.42. The minimum atomic E-state index is -4.91. The van der Waals surface area contributed by atoms with Crippen molar-refractivity contribution in [3.8, 4) is 28.0 Å². The van der Waals surface area contributed by atoms with E-state index < -0.39 is 6.36 Å². The lowest BCUT2D eigenvalue weighted by Crippen LogP contribution is -2.61. The molecule has 0 bridgehead atoms. The Kier molecular flexibility index (Phi) is 8.18. The Balaban J connectivity index is 1.25. The van der Waals surface area contributed by atoms with Crippen molar-refractivity contribution in [3.05, 3.63) is 193 Å². The lowest BCUT2D eigenvalue weighted by Gasteiger charge is -2.45. The maximum Gasteiger partial charge on any atom is 0.573 e. The maximum atomic E-state index is 14.4. The zero-order valence-corrected chi connectivity index (χ0v) is 32.8. The molecule has 2 aliphatic rings. The van der Waals surface area contributed by atoms with Crippen LogP contribution >= 0.6 is 0 Å². The van der Waals surface area contributed by atoms with Gasteiger partial charge in [0.1, 0.15) is 5.75 Å². The summed E-state index contributed by atoms with van der Waals surface area (Å²) in [7, 11) is 0. The highest BCUT2D eigenvalue weighted by molar-refractivity contribution is 7.00. The molecule has 60 heavy (non-hydrogen) atoms. The topological polar surface area (TPSA) is 15.7 Å². The summed E-state index contributed by atoms with van der Waals surface area (Å²) >= 11 is 0. The number of benzene rings is 9. The zero-order valence-electron chi connectivity index (χ0n) is 32.8. The summed E-state index contributed by atoms with van der Waals surface area (Å²) in [6.07, 6.45) is -4.91. The fourth-order valence-electron chi connectivity index (χ4n) is 9.42. The van der Waals surface area contributed by atoms with Gasteiger partial charge in [-0.05, 0) is 122 Å². The van der Waals surface area contributed by atoms with Crippen LogP contribution in [0.15, 0.2) is 182 Å². The zero-order chi connectivity index (χ0) is 40.7. The smallest absolute Gasteiger partial charge is 0.406 e. The van der Waals surface area contributed by atoms with Gasteiger partial charge in [-0.25, -0.2) is 0 Å². The van der Waals surface area contributed by atoms with Crippen molar-refractivity contribution in [2.45, 2.75) is 20.2 Å². The van der Waals surface area contributed by atoms with Gasteiger partial charge in [-0.1, -0.05) is 133 Å². The number of rotatable bonds is 5. The number of fused-ring (bicyclic) bond motifs is 6. The molecule has 2 heterocycles. The Labute approximate surface area is 346 Å². The highest BCUT2D eigenvalue weighted by Crippen LogP contribution is 2.48. The highest BCUT2D eigenvalue weighted by Gasteiger charge is 2.45. The molecule has 0 fully saturated rings. The van der Waals surface area contributed by atoms with E-state index in [1.165, 1.54) is 0 Å². The van der Waals surface area contributed by atoms with Crippen LogP contribution in [0.2, 0.25) is 0 Å². The number of alkyl halides is 3. The van der Waals surface area contributed by atoms with Gasteiger partial charge in [-0.15, -0.1) is 13.2 Å². The van der Waals surface area contributed by atoms with Gasteiger partial charge in [0.2, 0.25) is 0 Å². The number of hydrogen-bond acceptors (Lipinski definition) is 3. The summed E-state index contributed by atoms with van der Waals surface area (Å²) in [5, 5.41) is 4.22. The Bertz CT molecular complexity index is 2960. The molecule has 0 saturated heterocycles. The SMILES string of the molecule is Cc1ccccc1N1c2cc3cc(-c4ccccc4)ccc3cc2B2c3cc4ccc(-c5ccccc5)cc4cc3N(c3ccccc3C)c3cc(OC(F)(F)F)cc1c32. The number of hydrogen-bond donors (Lipinski definition) is 0. The standard InChI is InChI=1S/C53H36BF3N2O/c1-33-13-9-11-19-46(33)58-48-29-41-25-37(35-15-5-3-6-16-35)21-23-39(41)27-44(48)54-45-28-40-24-22-38(36-17-7-4-8-18-36)26-42(40)30-49(45)59(47-20-12-10-14-34(47)2)51-32-43(60-53(55,56)57)31-50(58)52(51)54/h3-32H,1-2H3. The van der Waals surface area contributed by atoms with Crippen molar-refractivity contribution >= 4 is 78.8 Å². The summed E-state index contributed by atoms with van der Waals surface area (Å²) < 4.78 is 48.1. The molecule has 288 valence electrons. The average molecular weight is 785 g/mol. The van der Waals surface area contributed by atoms with Crippen LogP contribution in [0.1, 0.15) is 11.1 Å². The minimum Gasteiger partial charge on any atom is -0.406 e. The van der Waals surface area contributed by atoms with Crippen molar-refractivity contribution in [1.82, 2.24) is 0 Å². The van der Waals surface area contributed by atoms with Crippen molar-refractivity contribution in [1.29, 1.82) is 0 Å². The van der Waals surface area contributed by atoms with Gasteiger partial charge < -0.3 is 14.5 Å². The number of para-hydroxylation sites is 2. The molecule has 0 N–H and O–H groups in total. The maximum absolute atomic E-state index is 14.4. The molecule has 0 atom stereocenters. The van der Waals surface area contributed by atoms with Gasteiger partial charge in [0.25, 0.3) is 6.71 Å². The summed E-state index contributed by atoms with van der Waals surface area (Å²) in [6.45, 7) is 3.77. The third-order valence-corrected chi connectivity index (χ3v) is 12.1. The first kappa shape index (κ1) is 35.9. The molecular weight excluding hydrogens is 748 g/mol. The van der Waals surface area contributed by atoms with Crippen LogP contribution in [-0.2, 0) is 0 Å². The summed E-state index contributed by atoms with van der Waals surface area (Å²) in [6, 6.07) is 62.0. The van der Waals surface area contributed by atoms with Gasteiger partial charge in [0.15, 0.2) is 0 Å². The van der Waals surface area contributed by atoms with E-state index >= 15 is 0 Å². The summed E-state index contributed by atoms with van der Waals surface area (Å²) in [5.41, 5.74) is 14.3. The average Bonchev–Trinajstić information content (AvgIpc) is 3.25. The second-order valence-corrected chi connectivity index (χ2v) is 15.8. The summed E-state index contributed by atoms with van der Waals surface area (Å²) in [5.74, 6) is -0.279. The van der Waals surface area contributed by atoms with Crippen LogP contribution in [0.25, 0.3) is 43.8 Å². The Morgan fingerprint density at radius 1 is 0.400 bits per heavy atom. The molecular formula is C53H36BF3N2O. The van der Waals surface area contributed by atoms with Gasteiger partial charge in [0, 0.05) is 46.3 Å². The van der Waals surface area contributed by atoms with Crippen LogP contribution in [0.5, 0.6) is 5.75 Å². The second-order valence-electron chi connectivity index (χ2n) is 15.8. The van der Waals surface area contributed by atoms with Gasteiger partial charge in [0.05, 0.1) is 0 Å². The third-order valence-electron chi connectivity index (χ3n) is 12.1. The number of anilines is 6. The van der Waals surface area contributed by atoms with Crippen LogP contribution < -0.4 is 30.9 Å². The number of halogens is 3. The number of aryl methyl sites for hydroxylation is 2. The largest absolute Gasteiger partial charge is 0.573 e. The van der Waals surface area contributed by atoms with E-state index in [1.807, 2.05) is 98.8 Å². The van der Waals surface area contributed by atoms with E-state index in [0.717, 1.165) is 94.1 Å². The van der Waals surface area contributed by atoms with E-state index in [9.17, 15) is 13.2 Å². The normalized spacial score (nSPS) is 13.0. The molecule has 0 spiro atoms. The highest BCUT2D eigenvalue weighted by atomic mass is 19.4. The minimum absolute atomic E-state index is 0.279. The van der Waals surface area contributed by atoms with E-state index in [2.05, 4.69) is 94.7 Å². The number of nitrogens with zero attached hydrogens (tertiary/aromatic N) is 2. The monoisotopic (exact) mass is 784 g/mol. The van der Waals surface area contributed by atoms with E-state index in [1.54, 1.807) is 12.1 Å². The fraction of sp³-hybridized carbons (Fsp3) is 0.0566. The predicted octanol–water partition coefficient (Wildman–Crippen LogP) is 12.9. The molecule has 0 aliphatic carbocycles. The van der Waals surface area contributed by atoms with Crippen LogP contribution in [0, 0.1) is 13.8 Å². The quantitative estimate of drug-likeness (QED) is 0.162. The van der Waals surface area contributed by atoms with E-state index in [-0.39, 0.29) is 12.5 Å². The lowest BCUT2D eigenvalue weighted by molar-refractivity contribution is -0.274. The first-order valence-corrected chi connectivity index (χ1v) is 20.1. The molecule has 0 aromatic heterocycles. The molecule has 9 aromatic rings. The molecule has 2 aliphatic heterocycles. The van der Waals surface area contributed by atoms with E-state index in [0.29, 0.717) is 11.4 Å². The van der Waals surface area contributed by atoms with Crippen LogP contribution in [0.3, 0.4) is 0 Å². The van der Waals surface area contributed by atoms with E-state index in [4.69, 9.17) is 4.74 Å². The van der Waals surface area contributed by atoms with Crippen molar-refractivity contribution in [3.63, 3.8) is 0 Å². The molecule has 3 nitrogen and oxygen atoms in total. The number of ether oxygens (including phenoxy) is 1. The predicted molar refractivity (Wildman–Crippen MR) is 243 cm³/mol. The third kappa shape index (κ3) is 5.91. The molecule has 0 saturated carbocycles. The lowest BCUT2D eigenvalue weighted by atomic mass is 9.33. The first-order valence-electron chi connectivity index (χ1n) is 20.1. The Morgan fingerprint density at radius 2 is 0.833 bits per heavy atom. The van der Waals surface area contributed by atoms with Gasteiger partial charge >= 0.3 is 6.36 Å². The Hall–Kier alpha value is -7.25. The van der Waals surface area contributed by atoms with Crippen LogP contribution in [-0.4, -0.2) is 13.1 Å².